The molecule has 5 nitrogen and oxygen atoms in total. The van der Waals surface area contributed by atoms with E-state index in [1.807, 2.05) is 46.4 Å². The zero-order chi connectivity index (χ0) is 18.2. The molecular weight excluding hydrogens is 324 g/mol. The Morgan fingerprint density at radius 3 is 2.21 bits per heavy atom. The number of carbonyl (C=O) groups excluding carboxylic acids is 1. The second-order valence-corrected chi connectivity index (χ2v) is 11.3. The monoisotopic (exact) mass is 358 g/mol. The molecule has 0 unspecified atom stereocenters. The first-order valence-electron chi connectivity index (χ1n) is 9.09. The van der Waals surface area contributed by atoms with Gasteiger partial charge in [-0.1, -0.05) is 6.42 Å². The van der Waals surface area contributed by atoms with Crippen LogP contribution in [0, 0.1) is 5.41 Å². The fourth-order valence-corrected chi connectivity index (χ4v) is 4.67. The van der Waals surface area contributed by atoms with E-state index in [1.165, 1.54) is 6.42 Å². The van der Waals surface area contributed by atoms with Crippen molar-refractivity contribution in [2.24, 2.45) is 5.41 Å². The Hall–Kier alpha value is -0.620. The third kappa shape index (κ3) is 4.72. The van der Waals surface area contributed by atoms with Gasteiger partial charge in [0.15, 0.2) is 0 Å². The molecule has 0 aromatic rings. The summed E-state index contributed by atoms with van der Waals surface area (Å²) in [5.41, 5.74) is -0.271. The SMILES string of the molecule is CC(C)(C)OC(=O)N1CCC2(CCC[C@@H]2N[S@](=O)C(C)(C)C)CC1. The van der Waals surface area contributed by atoms with Crippen LogP contribution >= 0.6 is 0 Å². The van der Waals surface area contributed by atoms with Gasteiger partial charge in [-0.25, -0.2) is 13.7 Å². The van der Waals surface area contributed by atoms with E-state index < -0.39 is 16.6 Å². The van der Waals surface area contributed by atoms with E-state index in [4.69, 9.17) is 4.74 Å². The third-order valence-electron chi connectivity index (χ3n) is 5.12. The lowest BCUT2D eigenvalue weighted by atomic mass is 9.74. The Labute approximate surface area is 149 Å². The van der Waals surface area contributed by atoms with Gasteiger partial charge in [0, 0.05) is 19.1 Å². The average molecular weight is 359 g/mol. The highest BCUT2D eigenvalue weighted by atomic mass is 32.2. The molecule has 2 rings (SSSR count). The normalized spacial score (nSPS) is 25.8. The van der Waals surface area contributed by atoms with Crippen LogP contribution in [-0.2, 0) is 15.7 Å². The smallest absolute Gasteiger partial charge is 0.410 e. The van der Waals surface area contributed by atoms with Gasteiger partial charge in [0.25, 0.3) is 0 Å². The fraction of sp³-hybridized carbons (Fsp3) is 0.944. The topological polar surface area (TPSA) is 58.6 Å². The minimum Gasteiger partial charge on any atom is -0.444 e. The molecule has 2 atom stereocenters. The van der Waals surface area contributed by atoms with Crippen LogP contribution in [-0.4, -0.2) is 44.7 Å². The summed E-state index contributed by atoms with van der Waals surface area (Å²) in [6.45, 7) is 13.2. The molecule has 1 saturated carbocycles. The van der Waals surface area contributed by atoms with Crippen LogP contribution in [0.1, 0.15) is 73.6 Å². The van der Waals surface area contributed by atoms with Gasteiger partial charge in [-0.05, 0) is 72.6 Å². The Morgan fingerprint density at radius 2 is 1.71 bits per heavy atom. The van der Waals surface area contributed by atoms with Crippen LogP contribution in [0.2, 0.25) is 0 Å². The molecule has 0 aromatic heterocycles. The first-order valence-corrected chi connectivity index (χ1v) is 10.2. The number of rotatable bonds is 2. The van der Waals surface area contributed by atoms with Gasteiger partial charge in [0.1, 0.15) is 5.60 Å². The molecule has 0 aromatic carbocycles. The second kappa shape index (κ2) is 6.94. The molecule has 0 bridgehead atoms. The Morgan fingerprint density at radius 1 is 1.12 bits per heavy atom. The van der Waals surface area contributed by atoms with E-state index in [0.717, 1.165) is 38.8 Å². The van der Waals surface area contributed by atoms with Crippen molar-refractivity contribution in [3.8, 4) is 0 Å². The van der Waals surface area contributed by atoms with Crippen LogP contribution in [0.4, 0.5) is 4.79 Å². The summed E-state index contributed by atoms with van der Waals surface area (Å²) >= 11 is 0. The van der Waals surface area contributed by atoms with Crippen LogP contribution in [0.15, 0.2) is 0 Å². The summed E-state index contributed by atoms with van der Waals surface area (Å²) in [5.74, 6) is 0. The van der Waals surface area contributed by atoms with Crippen LogP contribution < -0.4 is 4.72 Å². The summed E-state index contributed by atoms with van der Waals surface area (Å²) in [6, 6.07) is 0.290. The molecule has 0 radical (unpaired) electrons. The number of likely N-dealkylation sites (tertiary alicyclic amines) is 1. The van der Waals surface area contributed by atoms with Crippen LogP contribution in [0.5, 0.6) is 0 Å². The van der Waals surface area contributed by atoms with E-state index in [2.05, 4.69) is 4.72 Å². The van der Waals surface area contributed by atoms with Gasteiger partial charge in [-0.15, -0.1) is 0 Å². The van der Waals surface area contributed by atoms with Crippen molar-refractivity contribution < 1.29 is 13.7 Å². The number of piperidine rings is 1. The highest BCUT2D eigenvalue weighted by molar-refractivity contribution is 7.84. The lowest BCUT2D eigenvalue weighted by Crippen LogP contribution is -2.52. The van der Waals surface area contributed by atoms with Gasteiger partial charge in [0.05, 0.1) is 15.7 Å². The van der Waals surface area contributed by atoms with Crippen molar-refractivity contribution in [3.63, 3.8) is 0 Å². The van der Waals surface area contributed by atoms with Gasteiger partial charge in [-0.2, -0.15) is 0 Å². The zero-order valence-electron chi connectivity index (χ0n) is 16.1. The van der Waals surface area contributed by atoms with E-state index in [9.17, 15) is 9.00 Å². The number of nitrogens with one attached hydrogen (secondary N) is 1. The predicted octanol–water partition coefficient (Wildman–Crippen LogP) is 3.61. The van der Waals surface area contributed by atoms with Gasteiger partial charge >= 0.3 is 6.09 Å². The summed E-state index contributed by atoms with van der Waals surface area (Å²) in [4.78, 5) is 14.1. The molecule has 140 valence electrons. The lowest BCUT2D eigenvalue weighted by Gasteiger charge is -2.43. The van der Waals surface area contributed by atoms with E-state index in [0.29, 0.717) is 6.04 Å². The maximum absolute atomic E-state index is 12.5. The van der Waals surface area contributed by atoms with Gasteiger partial charge in [-0.3, -0.25) is 0 Å². The first-order chi connectivity index (χ1) is 10.9. The summed E-state index contributed by atoms with van der Waals surface area (Å²) in [6.07, 6.45) is 5.13. The van der Waals surface area contributed by atoms with Crippen molar-refractivity contribution in [2.45, 2.75) is 90.0 Å². The zero-order valence-corrected chi connectivity index (χ0v) is 16.9. The molecule has 2 fully saturated rings. The molecule has 2 aliphatic rings. The van der Waals surface area contributed by atoms with Crippen molar-refractivity contribution in [2.75, 3.05) is 13.1 Å². The Kier molecular flexibility index (Phi) is 5.70. The number of amides is 1. The summed E-state index contributed by atoms with van der Waals surface area (Å²) < 4.78 is 21.1. The van der Waals surface area contributed by atoms with Gasteiger partial charge < -0.3 is 9.64 Å². The highest BCUT2D eigenvalue weighted by Gasteiger charge is 2.46. The van der Waals surface area contributed by atoms with Crippen molar-refractivity contribution >= 4 is 17.1 Å². The molecule has 1 amide bonds. The molecule has 1 heterocycles. The molecule has 1 aliphatic heterocycles. The van der Waals surface area contributed by atoms with E-state index in [1.54, 1.807) is 0 Å². The first kappa shape index (κ1) is 19.7. The molecule has 1 spiro atoms. The van der Waals surface area contributed by atoms with Crippen molar-refractivity contribution in [1.82, 2.24) is 9.62 Å². The maximum atomic E-state index is 12.5. The average Bonchev–Trinajstić information content (AvgIpc) is 2.79. The van der Waals surface area contributed by atoms with E-state index in [-0.39, 0.29) is 16.3 Å². The molecule has 1 saturated heterocycles. The predicted molar refractivity (Wildman–Crippen MR) is 98.1 cm³/mol. The number of carbonyl (C=O) groups is 1. The van der Waals surface area contributed by atoms with Crippen LogP contribution in [0.3, 0.4) is 0 Å². The van der Waals surface area contributed by atoms with Crippen molar-refractivity contribution in [3.05, 3.63) is 0 Å². The minimum atomic E-state index is -1.04. The maximum Gasteiger partial charge on any atom is 0.410 e. The summed E-state index contributed by atoms with van der Waals surface area (Å²) in [7, 11) is -1.04. The molecular formula is C18H34N2O3S. The number of nitrogens with zero attached hydrogens (tertiary/aromatic N) is 1. The number of hydrogen-bond donors (Lipinski definition) is 1. The molecule has 1 N–H and O–H groups in total. The molecule has 6 heteroatoms. The van der Waals surface area contributed by atoms with Gasteiger partial charge in [0.2, 0.25) is 0 Å². The lowest BCUT2D eigenvalue weighted by molar-refractivity contribution is 0.00825. The molecule has 1 aliphatic carbocycles. The fourth-order valence-electron chi connectivity index (χ4n) is 3.69. The third-order valence-corrected chi connectivity index (χ3v) is 6.73. The van der Waals surface area contributed by atoms with E-state index >= 15 is 0 Å². The second-order valence-electron chi connectivity index (χ2n) is 9.27. The Bertz CT molecular complexity index is 485. The highest BCUT2D eigenvalue weighted by Crippen LogP contribution is 2.47. The molecule has 24 heavy (non-hydrogen) atoms. The number of hydrogen-bond acceptors (Lipinski definition) is 3. The largest absolute Gasteiger partial charge is 0.444 e. The Balaban J connectivity index is 1.96. The minimum absolute atomic E-state index is 0.180. The standard InChI is InChI=1S/C18H34N2O3S/c1-16(2,3)23-15(21)20-12-10-18(11-13-20)9-7-8-14(18)19-24(22)17(4,5)6/h14,19H,7-13H2,1-6H3/t14-,24+/m0/s1. The number of ether oxygens (including phenoxy) is 1. The van der Waals surface area contributed by atoms with Crippen LogP contribution in [0.25, 0.3) is 0 Å². The van der Waals surface area contributed by atoms with Crippen molar-refractivity contribution in [1.29, 1.82) is 0 Å². The quantitative estimate of drug-likeness (QED) is 0.820. The summed E-state index contributed by atoms with van der Waals surface area (Å²) in [5, 5.41) is 0.